The van der Waals surface area contributed by atoms with Gasteiger partial charge in [-0.2, -0.15) is 0 Å². The van der Waals surface area contributed by atoms with Crippen LogP contribution >= 0.6 is 22.6 Å². The fraction of sp³-hybridized carbons (Fsp3) is 0.875. The van der Waals surface area contributed by atoms with Gasteiger partial charge in [0.15, 0.2) is 4.05 Å². The van der Waals surface area contributed by atoms with Crippen molar-refractivity contribution in [1.29, 1.82) is 0 Å². The molecule has 0 aromatic carbocycles. The molecule has 0 rings (SSSR count). The Balaban J connectivity index is 4.25. The van der Waals surface area contributed by atoms with Crippen LogP contribution in [0.3, 0.4) is 0 Å². The summed E-state index contributed by atoms with van der Waals surface area (Å²) >= 11 is 2.41. The highest BCUT2D eigenvalue weighted by Gasteiger charge is 2.32. The summed E-state index contributed by atoms with van der Waals surface area (Å²) in [6.07, 6.45) is 16.3. The highest BCUT2D eigenvalue weighted by atomic mass is 127. The monoisotopic (exact) mass is 364 g/mol. The Hall–Kier alpha value is 0.250. The van der Waals surface area contributed by atoms with Crippen molar-refractivity contribution in [3.8, 4) is 12.3 Å². The van der Waals surface area contributed by atoms with Crippen molar-refractivity contribution in [2.75, 3.05) is 14.1 Å². The van der Waals surface area contributed by atoms with E-state index < -0.39 is 0 Å². The van der Waals surface area contributed by atoms with Crippen LogP contribution in [0.15, 0.2) is 0 Å². The highest BCUT2D eigenvalue weighted by Crippen LogP contribution is 2.25. The molecule has 0 amide bonds. The molecule has 18 heavy (non-hydrogen) atoms. The lowest BCUT2D eigenvalue weighted by Gasteiger charge is -2.40. The van der Waals surface area contributed by atoms with Gasteiger partial charge in [0.1, 0.15) is 0 Å². The average molecular weight is 364 g/mol. The van der Waals surface area contributed by atoms with Gasteiger partial charge in [-0.25, -0.2) is 0 Å². The molecule has 0 bridgehead atoms. The van der Waals surface area contributed by atoms with Crippen molar-refractivity contribution >= 4 is 22.6 Å². The van der Waals surface area contributed by atoms with Gasteiger partial charge in [-0.1, -0.05) is 46.0 Å². The maximum atomic E-state index is 5.61. The summed E-state index contributed by atoms with van der Waals surface area (Å²) in [5.74, 6) is 2.91. The standard InChI is InChI=1S/C16H31IN/c1-6-9-10-11-12-14-15(13-7-2)18(4,5)16(17)8-3/h3,15-16H,6-7,9-14H2,1-2,4-5H3/q+1. The van der Waals surface area contributed by atoms with Gasteiger partial charge in [-0.05, 0) is 25.2 Å². The Labute approximate surface area is 128 Å². The van der Waals surface area contributed by atoms with Crippen LogP contribution in [0.2, 0.25) is 0 Å². The van der Waals surface area contributed by atoms with Gasteiger partial charge in [0.25, 0.3) is 0 Å². The maximum Gasteiger partial charge on any atom is 0.200 e. The summed E-state index contributed by atoms with van der Waals surface area (Å²) in [7, 11) is 4.59. The molecule has 0 aromatic heterocycles. The summed E-state index contributed by atoms with van der Waals surface area (Å²) in [5, 5.41) is 0. The number of terminal acetylenes is 1. The molecule has 0 saturated heterocycles. The van der Waals surface area contributed by atoms with Crippen LogP contribution < -0.4 is 0 Å². The molecule has 0 aromatic rings. The van der Waals surface area contributed by atoms with Crippen LogP contribution in [-0.4, -0.2) is 28.7 Å². The molecule has 106 valence electrons. The third-order valence-electron chi connectivity index (χ3n) is 3.93. The summed E-state index contributed by atoms with van der Waals surface area (Å²) in [6, 6.07) is 0.717. The zero-order chi connectivity index (χ0) is 14.0. The molecule has 0 fully saturated rings. The molecular formula is C16H31IN+. The predicted molar refractivity (Wildman–Crippen MR) is 90.8 cm³/mol. The van der Waals surface area contributed by atoms with Gasteiger partial charge in [-0.3, -0.25) is 0 Å². The van der Waals surface area contributed by atoms with E-state index in [0.29, 0.717) is 0 Å². The lowest BCUT2D eigenvalue weighted by Crippen LogP contribution is -2.52. The highest BCUT2D eigenvalue weighted by molar-refractivity contribution is 14.1. The van der Waals surface area contributed by atoms with E-state index in [2.05, 4.69) is 56.5 Å². The minimum Gasteiger partial charge on any atom is -0.305 e. The lowest BCUT2D eigenvalue weighted by atomic mass is 10.00. The second kappa shape index (κ2) is 10.1. The molecule has 0 aliphatic heterocycles. The minimum atomic E-state index is 0.287. The van der Waals surface area contributed by atoms with Crippen LogP contribution in [0.4, 0.5) is 0 Å². The Morgan fingerprint density at radius 3 is 2.11 bits per heavy atom. The van der Waals surface area contributed by atoms with Gasteiger partial charge >= 0.3 is 0 Å². The van der Waals surface area contributed by atoms with E-state index in [0.717, 1.165) is 10.5 Å². The molecule has 2 unspecified atom stereocenters. The molecule has 2 heteroatoms. The first-order chi connectivity index (χ1) is 8.50. The third kappa shape index (κ3) is 6.43. The number of nitrogens with zero attached hydrogens (tertiary/aromatic N) is 1. The van der Waals surface area contributed by atoms with Crippen LogP contribution in [0.25, 0.3) is 0 Å². The van der Waals surface area contributed by atoms with E-state index in [4.69, 9.17) is 6.42 Å². The molecule has 0 radical (unpaired) electrons. The molecule has 0 N–H and O–H groups in total. The number of unbranched alkanes of at least 4 members (excludes halogenated alkanes) is 4. The first kappa shape index (κ1) is 18.2. The van der Waals surface area contributed by atoms with Crippen LogP contribution in [0, 0.1) is 12.3 Å². The molecule has 1 nitrogen and oxygen atoms in total. The Morgan fingerprint density at radius 2 is 1.61 bits per heavy atom. The normalized spacial score (nSPS) is 15.1. The van der Waals surface area contributed by atoms with E-state index in [-0.39, 0.29) is 4.05 Å². The van der Waals surface area contributed by atoms with Gasteiger partial charge < -0.3 is 4.48 Å². The molecule has 0 aliphatic rings. The Kier molecular flexibility index (Phi) is 10.2. The minimum absolute atomic E-state index is 0.287. The van der Waals surface area contributed by atoms with E-state index in [9.17, 15) is 0 Å². The first-order valence-corrected chi connectivity index (χ1v) is 8.68. The maximum absolute atomic E-state index is 5.61. The SMILES string of the molecule is C#CC(I)[N+](C)(C)C(CCC)CCCCCCC. The van der Waals surface area contributed by atoms with Crippen molar-refractivity contribution in [3.63, 3.8) is 0 Å². The lowest BCUT2D eigenvalue weighted by molar-refractivity contribution is -0.914. The summed E-state index contributed by atoms with van der Waals surface area (Å²) in [4.78, 5) is 0. The van der Waals surface area contributed by atoms with E-state index in [1.165, 1.54) is 51.4 Å². The third-order valence-corrected chi connectivity index (χ3v) is 5.72. The zero-order valence-electron chi connectivity index (χ0n) is 12.7. The second-order valence-corrected chi connectivity index (χ2v) is 6.96. The average Bonchev–Trinajstić information content (AvgIpc) is 2.36. The summed E-state index contributed by atoms with van der Waals surface area (Å²) < 4.78 is 1.26. The smallest absolute Gasteiger partial charge is 0.200 e. The number of alkyl halides is 1. The van der Waals surface area contributed by atoms with Crippen molar-refractivity contribution in [1.82, 2.24) is 0 Å². The van der Waals surface area contributed by atoms with Crippen molar-refractivity contribution in [2.45, 2.75) is 75.3 Å². The topological polar surface area (TPSA) is 0 Å². The molecule has 0 spiro atoms. The van der Waals surface area contributed by atoms with Gasteiger partial charge in [0.2, 0.25) is 0 Å². The number of halogens is 1. The van der Waals surface area contributed by atoms with Gasteiger partial charge in [-0.15, -0.1) is 6.42 Å². The molecule has 0 saturated carbocycles. The molecule has 2 atom stereocenters. The quantitative estimate of drug-likeness (QED) is 0.128. The fourth-order valence-electron chi connectivity index (χ4n) is 2.50. The number of quaternary nitrogens is 1. The van der Waals surface area contributed by atoms with Crippen LogP contribution in [0.1, 0.15) is 65.2 Å². The van der Waals surface area contributed by atoms with E-state index >= 15 is 0 Å². The van der Waals surface area contributed by atoms with Crippen LogP contribution in [0.5, 0.6) is 0 Å². The van der Waals surface area contributed by atoms with E-state index in [1.807, 2.05) is 0 Å². The Bertz CT molecular complexity index is 242. The number of hydrogen-bond donors (Lipinski definition) is 0. The number of hydrogen-bond acceptors (Lipinski definition) is 0. The fourth-order valence-corrected chi connectivity index (χ4v) is 2.96. The predicted octanol–water partition coefficient (Wildman–Crippen LogP) is 4.99. The molecule has 0 aliphatic carbocycles. The van der Waals surface area contributed by atoms with Gasteiger partial charge in [0, 0.05) is 22.6 Å². The van der Waals surface area contributed by atoms with Gasteiger partial charge in [0.05, 0.1) is 20.1 Å². The number of rotatable bonds is 10. The Morgan fingerprint density at radius 1 is 1.00 bits per heavy atom. The second-order valence-electron chi connectivity index (χ2n) is 5.78. The summed E-state index contributed by atoms with van der Waals surface area (Å²) in [5.41, 5.74) is 0. The zero-order valence-corrected chi connectivity index (χ0v) is 14.9. The molecule has 0 heterocycles. The summed E-state index contributed by atoms with van der Waals surface area (Å²) in [6.45, 7) is 4.55. The van der Waals surface area contributed by atoms with E-state index in [1.54, 1.807) is 0 Å². The largest absolute Gasteiger partial charge is 0.305 e. The van der Waals surface area contributed by atoms with Crippen molar-refractivity contribution < 1.29 is 4.48 Å². The molecular weight excluding hydrogens is 333 g/mol. The first-order valence-electron chi connectivity index (χ1n) is 7.44. The van der Waals surface area contributed by atoms with Crippen molar-refractivity contribution in [2.24, 2.45) is 0 Å². The van der Waals surface area contributed by atoms with Crippen LogP contribution in [-0.2, 0) is 0 Å². The van der Waals surface area contributed by atoms with Crippen molar-refractivity contribution in [3.05, 3.63) is 0 Å².